The highest BCUT2D eigenvalue weighted by atomic mass is 16.2. The number of piperidine rings is 1. The number of amides is 2. The molecule has 2 saturated heterocycles. The van der Waals surface area contributed by atoms with Gasteiger partial charge in [-0.1, -0.05) is 18.2 Å². The van der Waals surface area contributed by atoms with E-state index in [4.69, 9.17) is 0 Å². The maximum Gasteiger partial charge on any atom is 0.270 e. The first kappa shape index (κ1) is 15.2. The summed E-state index contributed by atoms with van der Waals surface area (Å²) in [6, 6.07) is 9.80. The summed E-state index contributed by atoms with van der Waals surface area (Å²) < 4.78 is 0. The number of hydrogen-bond acceptors (Lipinski definition) is 2. The molecule has 4 rings (SSSR count). The smallest absolute Gasteiger partial charge is 0.270 e. The predicted octanol–water partition coefficient (Wildman–Crippen LogP) is 2.64. The number of carbonyl (C=O) groups is 2. The van der Waals surface area contributed by atoms with E-state index in [-0.39, 0.29) is 17.7 Å². The van der Waals surface area contributed by atoms with Crippen LogP contribution in [0.5, 0.6) is 0 Å². The molecule has 0 spiro atoms. The van der Waals surface area contributed by atoms with Crippen molar-refractivity contribution < 1.29 is 9.59 Å². The van der Waals surface area contributed by atoms with Crippen LogP contribution < -0.4 is 0 Å². The second-order valence-corrected chi connectivity index (χ2v) is 6.89. The molecule has 3 heterocycles. The Labute approximate surface area is 141 Å². The van der Waals surface area contributed by atoms with Gasteiger partial charge in [0.2, 0.25) is 5.91 Å². The summed E-state index contributed by atoms with van der Waals surface area (Å²) in [6.07, 6.45) is 4.01. The lowest BCUT2D eigenvalue weighted by Crippen LogP contribution is -2.46. The number of para-hydroxylation sites is 1. The van der Waals surface area contributed by atoms with E-state index in [1.54, 1.807) is 0 Å². The van der Waals surface area contributed by atoms with Gasteiger partial charge in [-0.05, 0) is 37.8 Å². The molecule has 1 aromatic heterocycles. The van der Waals surface area contributed by atoms with Crippen LogP contribution in [0.4, 0.5) is 0 Å². The van der Waals surface area contributed by atoms with Gasteiger partial charge in [-0.25, -0.2) is 0 Å². The number of nitrogens with one attached hydrogen (secondary N) is 1. The van der Waals surface area contributed by atoms with Crippen LogP contribution in [0.1, 0.15) is 36.2 Å². The van der Waals surface area contributed by atoms with Crippen molar-refractivity contribution in [3.8, 4) is 0 Å². The Balaban J connectivity index is 1.48. The third-order valence-corrected chi connectivity index (χ3v) is 5.24. The SMILES string of the molecule is O=C(c1cc2ccccc2[nH]1)N1CCC[C@H](C(=O)N2CCCC2)C1. The Morgan fingerprint density at radius 3 is 2.54 bits per heavy atom. The molecule has 2 aromatic rings. The van der Waals surface area contributed by atoms with E-state index in [9.17, 15) is 9.59 Å². The molecule has 0 radical (unpaired) electrons. The predicted molar refractivity (Wildman–Crippen MR) is 92.7 cm³/mol. The van der Waals surface area contributed by atoms with E-state index < -0.39 is 0 Å². The van der Waals surface area contributed by atoms with Crippen molar-refractivity contribution in [3.05, 3.63) is 36.0 Å². The lowest BCUT2D eigenvalue weighted by atomic mass is 9.96. The first-order chi connectivity index (χ1) is 11.7. The van der Waals surface area contributed by atoms with Crippen molar-refractivity contribution >= 4 is 22.7 Å². The molecule has 5 heteroatoms. The van der Waals surface area contributed by atoms with Gasteiger partial charge in [0.1, 0.15) is 5.69 Å². The van der Waals surface area contributed by atoms with E-state index in [0.29, 0.717) is 12.2 Å². The Morgan fingerprint density at radius 2 is 1.75 bits per heavy atom. The van der Waals surface area contributed by atoms with E-state index in [1.807, 2.05) is 40.1 Å². The monoisotopic (exact) mass is 325 g/mol. The third kappa shape index (κ3) is 2.79. The topological polar surface area (TPSA) is 56.4 Å². The fourth-order valence-electron chi connectivity index (χ4n) is 3.92. The van der Waals surface area contributed by atoms with Gasteiger partial charge in [0.25, 0.3) is 5.91 Å². The highest BCUT2D eigenvalue weighted by Crippen LogP contribution is 2.23. The minimum Gasteiger partial charge on any atom is -0.351 e. The molecule has 1 atom stereocenters. The summed E-state index contributed by atoms with van der Waals surface area (Å²) in [5.74, 6) is 0.206. The number of aromatic nitrogens is 1. The van der Waals surface area contributed by atoms with Crippen LogP contribution in [0.2, 0.25) is 0 Å². The highest BCUT2D eigenvalue weighted by Gasteiger charge is 2.32. The molecule has 2 aliphatic heterocycles. The van der Waals surface area contributed by atoms with Crippen molar-refractivity contribution in [2.24, 2.45) is 5.92 Å². The Morgan fingerprint density at radius 1 is 1.00 bits per heavy atom. The number of aromatic amines is 1. The summed E-state index contributed by atoms with van der Waals surface area (Å²) in [5.41, 5.74) is 1.59. The van der Waals surface area contributed by atoms with Crippen LogP contribution in [-0.2, 0) is 4.79 Å². The number of benzene rings is 1. The lowest BCUT2D eigenvalue weighted by molar-refractivity contribution is -0.135. The van der Waals surface area contributed by atoms with E-state index in [2.05, 4.69) is 4.98 Å². The quantitative estimate of drug-likeness (QED) is 0.923. The molecule has 1 aromatic carbocycles. The molecule has 0 aliphatic carbocycles. The fourth-order valence-corrected chi connectivity index (χ4v) is 3.92. The van der Waals surface area contributed by atoms with Gasteiger partial charge in [-0.2, -0.15) is 0 Å². The van der Waals surface area contributed by atoms with Gasteiger partial charge in [-0.15, -0.1) is 0 Å². The van der Waals surface area contributed by atoms with E-state index in [0.717, 1.165) is 56.2 Å². The van der Waals surface area contributed by atoms with Crippen molar-refractivity contribution in [2.75, 3.05) is 26.2 Å². The molecule has 0 bridgehead atoms. The van der Waals surface area contributed by atoms with E-state index >= 15 is 0 Å². The molecule has 126 valence electrons. The Kier molecular flexibility index (Phi) is 4.00. The van der Waals surface area contributed by atoms with Gasteiger partial charge >= 0.3 is 0 Å². The molecule has 5 nitrogen and oxygen atoms in total. The molecule has 24 heavy (non-hydrogen) atoms. The number of hydrogen-bond donors (Lipinski definition) is 1. The number of carbonyl (C=O) groups excluding carboxylic acids is 2. The second-order valence-electron chi connectivity index (χ2n) is 6.89. The number of fused-ring (bicyclic) bond motifs is 1. The fraction of sp³-hybridized carbons (Fsp3) is 0.474. The van der Waals surface area contributed by atoms with Crippen molar-refractivity contribution in [3.63, 3.8) is 0 Å². The molecule has 2 aliphatic rings. The van der Waals surface area contributed by atoms with Gasteiger partial charge in [-0.3, -0.25) is 9.59 Å². The summed E-state index contributed by atoms with van der Waals surface area (Å²) in [7, 11) is 0. The van der Waals surface area contributed by atoms with Crippen LogP contribution in [0.3, 0.4) is 0 Å². The molecular formula is C19H23N3O2. The van der Waals surface area contributed by atoms with Gasteiger partial charge in [0.05, 0.1) is 5.92 Å². The van der Waals surface area contributed by atoms with Crippen LogP contribution in [0.25, 0.3) is 10.9 Å². The molecule has 0 saturated carbocycles. The second kappa shape index (κ2) is 6.30. The number of H-pyrrole nitrogens is 1. The molecule has 2 fully saturated rings. The zero-order valence-electron chi connectivity index (χ0n) is 13.8. The van der Waals surface area contributed by atoms with Crippen molar-refractivity contribution in [2.45, 2.75) is 25.7 Å². The third-order valence-electron chi connectivity index (χ3n) is 5.24. The Hall–Kier alpha value is -2.30. The van der Waals surface area contributed by atoms with Crippen molar-refractivity contribution in [1.82, 2.24) is 14.8 Å². The zero-order chi connectivity index (χ0) is 16.5. The average Bonchev–Trinajstić information content (AvgIpc) is 3.30. The average molecular weight is 325 g/mol. The molecule has 2 amide bonds. The lowest BCUT2D eigenvalue weighted by Gasteiger charge is -2.33. The standard InChI is InChI=1S/C19H23N3O2/c23-18(21-9-3-4-10-21)15-7-5-11-22(13-15)19(24)17-12-14-6-1-2-8-16(14)20-17/h1-2,6,8,12,15,20H,3-5,7,9-11,13H2/t15-/m0/s1. The molecular weight excluding hydrogens is 302 g/mol. The number of nitrogens with zero attached hydrogens (tertiary/aromatic N) is 2. The Bertz CT molecular complexity index is 728. The first-order valence-electron chi connectivity index (χ1n) is 8.88. The maximum atomic E-state index is 12.8. The summed E-state index contributed by atoms with van der Waals surface area (Å²) in [4.78, 5) is 32.5. The van der Waals surface area contributed by atoms with E-state index in [1.165, 1.54) is 0 Å². The minimum absolute atomic E-state index is 0.00474. The van der Waals surface area contributed by atoms with Gasteiger partial charge in [0, 0.05) is 37.1 Å². The number of likely N-dealkylation sites (tertiary alicyclic amines) is 2. The van der Waals surface area contributed by atoms with Crippen LogP contribution >= 0.6 is 0 Å². The van der Waals surface area contributed by atoms with Gasteiger partial charge in [0.15, 0.2) is 0 Å². The van der Waals surface area contributed by atoms with Crippen molar-refractivity contribution in [1.29, 1.82) is 0 Å². The summed E-state index contributed by atoms with van der Waals surface area (Å²) in [6.45, 7) is 3.04. The van der Waals surface area contributed by atoms with Crippen LogP contribution in [0.15, 0.2) is 30.3 Å². The van der Waals surface area contributed by atoms with Crippen LogP contribution in [0, 0.1) is 5.92 Å². The maximum absolute atomic E-state index is 12.8. The minimum atomic E-state index is -0.0369. The zero-order valence-corrected chi connectivity index (χ0v) is 13.8. The summed E-state index contributed by atoms with van der Waals surface area (Å²) in [5, 5.41) is 1.04. The largest absolute Gasteiger partial charge is 0.351 e. The normalized spacial score (nSPS) is 21.4. The number of rotatable bonds is 2. The van der Waals surface area contributed by atoms with Crippen LogP contribution in [-0.4, -0.2) is 52.8 Å². The first-order valence-corrected chi connectivity index (χ1v) is 8.88. The highest BCUT2D eigenvalue weighted by molar-refractivity contribution is 5.98. The molecule has 0 unspecified atom stereocenters. The van der Waals surface area contributed by atoms with Gasteiger partial charge < -0.3 is 14.8 Å². The molecule has 1 N–H and O–H groups in total. The summed E-state index contributed by atoms with van der Waals surface area (Å²) >= 11 is 0.